The van der Waals surface area contributed by atoms with Crippen LogP contribution in [0.15, 0.2) is 34.6 Å². The van der Waals surface area contributed by atoms with Crippen molar-refractivity contribution in [1.29, 1.82) is 0 Å². The van der Waals surface area contributed by atoms with Gasteiger partial charge in [-0.15, -0.1) is 35.3 Å². The molecule has 6 nitrogen and oxygen atoms in total. The molecule has 0 aliphatic carbocycles. The van der Waals surface area contributed by atoms with E-state index >= 15 is 0 Å². The molecule has 2 N–H and O–H groups in total. The largest absolute Gasteiger partial charge is 0.352 e. The number of hydrogen-bond donors (Lipinski definition) is 2. The lowest BCUT2D eigenvalue weighted by Gasteiger charge is -2.16. The first-order chi connectivity index (χ1) is 13.5. The van der Waals surface area contributed by atoms with E-state index in [1.54, 1.807) is 18.4 Å². The lowest BCUT2D eigenvalue weighted by atomic mass is 10.1. The predicted molar refractivity (Wildman–Crippen MR) is 130 cm³/mol. The minimum Gasteiger partial charge on any atom is -0.352 e. The second-order valence-electron chi connectivity index (χ2n) is 7.34. The standard InChI is InChI=1S/C21H29N5OS.HI/c1-15(2)18-14-28-19(25-18)12-24-21(22-3)23-11-16-6-4-7-17(10-16)13-26-9-5-8-20(26)27;/h4,6-7,10,14-15H,5,8-9,11-13H2,1-3H3,(H2,22,23,24);1H. The monoisotopic (exact) mass is 527 g/mol. The number of nitrogens with zero attached hydrogens (tertiary/aromatic N) is 3. The minimum absolute atomic E-state index is 0. The fourth-order valence-electron chi connectivity index (χ4n) is 3.17. The van der Waals surface area contributed by atoms with Crippen molar-refractivity contribution in [3.05, 3.63) is 51.5 Å². The molecule has 1 fully saturated rings. The third-order valence-corrected chi connectivity index (χ3v) is 5.65. The molecule has 29 heavy (non-hydrogen) atoms. The molecule has 1 saturated heterocycles. The molecule has 1 amide bonds. The smallest absolute Gasteiger partial charge is 0.222 e. The molecule has 3 rings (SSSR count). The molecule has 2 heterocycles. The van der Waals surface area contributed by atoms with Crippen LogP contribution in [-0.2, 0) is 24.4 Å². The average Bonchev–Trinajstić information content (AvgIpc) is 3.32. The summed E-state index contributed by atoms with van der Waals surface area (Å²) in [6.07, 6.45) is 1.65. The van der Waals surface area contributed by atoms with Crippen LogP contribution < -0.4 is 10.6 Å². The Kier molecular flexibility index (Phi) is 9.35. The van der Waals surface area contributed by atoms with E-state index in [4.69, 9.17) is 0 Å². The number of halogens is 1. The van der Waals surface area contributed by atoms with E-state index in [0.717, 1.165) is 29.6 Å². The van der Waals surface area contributed by atoms with Gasteiger partial charge in [-0.2, -0.15) is 0 Å². The van der Waals surface area contributed by atoms with E-state index < -0.39 is 0 Å². The van der Waals surface area contributed by atoms with Crippen LogP contribution >= 0.6 is 35.3 Å². The predicted octanol–water partition coefficient (Wildman–Crippen LogP) is 3.87. The van der Waals surface area contributed by atoms with Crippen molar-refractivity contribution >= 4 is 47.2 Å². The van der Waals surface area contributed by atoms with Crippen molar-refractivity contribution < 1.29 is 4.79 Å². The van der Waals surface area contributed by atoms with Crippen LogP contribution in [0.25, 0.3) is 0 Å². The van der Waals surface area contributed by atoms with E-state index in [9.17, 15) is 4.79 Å². The van der Waals surface area contributed by atoms with Crippen LogP contribution in [-0.4, -0.2) is 35.3 Å². The van der Waals surface area contributed by atoms with Gasteiger partial charge in [0.1, 0.15) is 5.01 Å². The second kappa shape index (κ2) is 11.5. The van der Waals surface area contributed by atoms with E-state index in [1.807, 2.05) is 11.0 Å². The molecule has 0 bridgehead atoms. The Hall–Kier alpha value is -1.68. The number of carbonyl (C=O) groups is 1. The van der Waals surface area contributed by atoms with E-state index in [1.165, 1.54) is 11.1 Å². The summed E-state index contributed by atoms with van der Waals surface area (Å²) in [5.41, 5.74) is 3.47. The Labute approximate surface area is 194 Å². The van der Waals surface area contributed by atoms with Crippen molar-refractivity contribution in [1.82, 2.24) is 20.5 Å². The quantitative estimate of drug-likeness (QED) is 0.326. The number of likely N-dealkylation sites (tertiary alicyclic amines) is 1. The van der Waals surface area contributed by atoms with E-state index in [2.05, 4.69) is 58.0 Å². The first kappa shape index (κ1) is 23.6. The number of aromatic nitrogens is 1. The highest BCUT2D eigenvalue weighted by Crippen LogP contribution is 2.17. The highest BCUT2D eigenvalue weighted by Gasteiger charge is 2.19. The van der Waals surface area contributed by atoms with Gasteiger partial charge < -0.3 is 15.5 Å². The Morgan fingerprint density at radius 1 is 1.28 bits per heavy atom. The third kappa shape index (κ3) is 6.95. The fourth-order valence-corrected chi connectivity index (χ4v) is 4.06. The summed E-state index contributed by atoms with van der Waals surface area (Å²) in [6, 6.07) is 8.37. The van der Waals surface area contributed by atoms with Gasteiger partial charge in [0.05, 0.1) is 12.2 Å². The number of thiazole rings is 1. The number of aliphatic imine (C=N–C) groups is 1. The van der Waals surface area contributed by atoms with Crippen LogP contribution in [0.1, 0.15) is 54.4 Å². The molecule has 8 heteroatoms. The second-order valence-corrected chi connectivity index (χ2v) is 8.28. The first-order valence-electron chi connectivity index (χ1n) is 9.79. The van der Waals surface area contributed by atoms with Crippen LogP contribution in [0.3, 0.4) is 0 Å². The fraction of sp³-hybridized carbons (Fsp3) is 0.476. The normalized spacial score (nSPS) is 14.3. The van der Waals surface area contributed by atoms with Crippen LogP contribution in [0.2, 0.25) is 0 Å². The van der Waals surface area contributed by atoms with Gasteiger partial charge in [0, 0.05) is 38.5 Å². The van der Waals surface area contributed by atoms with Gasteiger partial charge >= 0.3 is 0 Å². The molecule has 0 spiro atoms. The Bertz CT molecular complexity index is 836. The van der Waals surface area contributed by atoms with Gasteiger partial charge in [-0.3, -0.25) is 9.79 Å². The number of nitrogens with one attached hydrogen (secondary N) is 2. The molecule has 0 saturated carbocycles. The molecule has 1 aliphatic heterocycles. The number of guanidine groups is 1. The highest BCUT2D eigenvalue weighted by atomic mass is 127. The summed E-state index contributed by atoms with van der Waals surface area (Å²) in [5.74, 6) is 1.46. The van der Waals surface area contributed by atoms with Crippen molar-refractivity contribution in [2.45, 2.75) is 52.2 Å². The number of carbonyl (C=O) groups excluding carboxylic acids is 1. The molecule has 2 aromatic rings. The average molecular weight is 527 g/mol. The topological polar surface area (TPSA) is 69.6 Å². The molecule has 1 aromatic heterocycles. The van der Waals surface area contributed by atoms with Gasteiger partial charge in [-0.05, 0) is 23.5 Å². The summed E-state index contributed by atoms with van der Waals surface area (Å²) in [7, 11) is 1.77. The van der Waals surface area contributed by atoms with Gasteiger partial charge in [0.15, 0.2) is 5.96 Å². The lowest BCUT2D eigenvalue weighted by molar-refractivity contribution is -0.128. The van der Waals surface area contributed by atoms with Crippen molar-refractivity contribution in [3.63, 3.8) is 0 Å². The molecule has 0 atom stereocenters. The maximum atomic E-state index is 11.8. The maximum absolute atomic E-state index is 11.8. The minimum atomic E-state index is 0. The zero-order chi connectivity index (χ0) is 19.9. The molecule has 158 valence electrons. The van der Waals surface area contributed by atoms with Crippen LogP contribution in [0.4, 0.5) is 0 Å². The van der Waals surface area contributed by atoms with E-state index in [0.29, 0.717) is 32.0 Å². The first-order valence-corrected chi connectivity index (χ1v) is 10.7. The highest BCUT2D eigenvalue weighted by molar-refractivity contribution is 14.0. The molecule has 1 aromatic carbocycles. The third-order valence-electron chi connectivity index (χ3n) is 4.79. The molecule has 1 aliphatic rings. The van der Waals surface area contributed by atoms with Gasteiger partial charge in [0.2, 0.25) is 5.91 Å². The van der Waals surface area contributed by atoms with Gasteiger partial charge in [-0.25, -0.2) is 4.98 Å². The zero-order valence-corrected chi connectivity index (χ0v) is 20.4. The molecule has 0 radical (unpaired) electrons. The van der Waals surface area contributed by atoms with E-state index in [-0.39, 0.29) is 29.9 Å². The number of rotatable bonds is 7. The van der Waals surface area contributed by atoms with Gasteiger partial charge in [0.25, 0.3) is 0 Å². The number of amides is 1. The summed E-state index contributed by atoms with van der Waals surface area (Å²) in [6.45, 7) is 7.21. The van der Waals surface area contributed by atoms with Crippen molar-refractivity contribution in [2.24, 2.45) is 4.99 Å². The SMILES string of the molecule is CN=C(NCc1cccc(CN2CCCC2=O)c1)NCc1nc(C(C)C)cs1.I. The Morgan fingerprint density at radius 2 is 2.03 bits per heavy atom. The molecular formula is C21H30IN5OS. The number of benzene rings is 1. The zero-order valence-electron chi connectivity index (χ0n) is 17.3. The van der Waals surface area contributed by atoms with Crippen molar-refractivity contribution in [3.8, 4) is 0 Å². The summed E-state index contributed by atoms with van der Waals surface area (Å²) >= 11 is 1.67. The molecule has 0 unspecified atom stereocenters. The lowest BCUT2D eigenvalue weighted by Crippen LogP contribution is -2.36. The maximum Gasteiger partial charge on any atom is 0.222 e. The summed E-state index contributed by atoms with van der Waals surface area (Å²) in [5, 5.41) is 9.85. The molecular weight excluding hydrogens is 497 g/mol. The number of hydrogen-bond acceptors (Lipinski definition) is 4. The Balaban J connectivity index is 0.00000300. The van der Waals surface area contributed by atoms with Gasteiger partial charge in [-0.1, -0.05) is 38.1 Å². The summed E-state index contributed by atoms with van der Waals surface area (Å²) < 4.78 is 0. The van der Waals surface area contributed by atoms with Crippen LogP contribution in [0.5, 0.6) is 0 Å². The summed E-state index contributed by atoms with van der Waals surface area (Å²) in [4.78, 5) is 22.7. The Morgan fingerprint density at radius 3 is 2.69 bits per heavy atom. The van der Waals surface area contributed by atoms with Crippen molar-refractivity contribution in [2.75, 3.05) is 13.6 Å². The van der Waals surface area contributed by atoms with Crippen LogP contribution in [0, 0.1) is 0 Å².